The van der Waals surface area contributed by atoms with E-state index in [0.717, 1.165) is 19.3 Å². The van der Waals surface area contributed by atoms with Gasteiger partial charge in [0.2, 0.25) is 5.91 Å². The first-order chi connectivity index (χ1) is 12.8. The van der Waals surface area contributed by atoms with E-state index in [0.29, 0.717) is 6.42 Å². The summed E-state index contributed by atoms with van der Waals surface area (Å²) >= 11 is 0. The summed E-state index contributed by atoms with van der Waals surface area (Å²) in [6.07, 6.45) is 12.7. The van der Waals surface area contributed by atoms with Gasteiger partial charge in [0.15, 0.2) is 0 Å². The van der Waals surface area contributed by atoms with Gasteiger partial charge in [-0.2, -0.15) is 0 Å². The van der Waals surface area contributed by atoms with Crippen molar-refractivity contribution < 1.29 is 23.9 Å². The third-order valence-corrected chi connectivity index (χ3v) is 4.55. The number of carbonyl (C=O) groups excluding carboxylic acids is 3. The molecule has 0 aliphatic carbocycles. The lowest BCUT2D eigenvalue weighted by Crippen LogP contribution is -2.55. The lowest BCUT2D eigenvalue weighted by atomic mass is 9.92. The zero-order valence-electron chi connectivity index (χ0n) is 17.7. The van der Waals surface area contributed by atoms with Crippen LogP contribution < -0.4 is 5.32 Å². The van der Waals surface area contributed by atoms with Crippen molar-refractivity contribution >= 4 is 17.8 Å². The Morgan fingerprint density at radius 3 is 1.48 bits per heavy atom. The summed E-state index contributed by atoms with van der Waals surface area (Å²) < 4.78 is 10.3. The number of hydrogen-bond acceptors (Lipinski definition) is 5. The first kappa shape index (κ1) is 25.4. The van der Waals surface area contributed by atoms with Gasteiger partial charge in [-0.1, -0.05) is 71.1 Å². The first-order valence-electron chi connectivity index (χ1n) is 10.4. The van der Waals surface area contributed by atoms with Crippen LogP contribution in [-0.2, 0) is 23.9 Å². The normalized spacial score (nSPS) is 11.1. The van der Waals surface area contributed by atoms with Gasteiger partial charge in [0.05, 0.1) is 0 Å². The molecule has 0 aromatic heterocycles. The molecule has 6 heteroatoms. The fraction of sp³-hybridized carbons (Fsp3) is 0.857. The molecule has 158 valence electrons. The van der Waals surface area contributed by atoms with Crippen molar-refractivity contribution in [3.8, 4) is 0 Å². The minimum Gasteiger partial charge on any atom is -0.463 e. The second kappa shape index (κ2) is 15.5. The second-order valence-corrected chi connectivity index (χ2v) is 7.45. The molecule has 0 aromatic carbocycles. The van der Waals surface area contributed by atoms with Crippen LogP contribution in [0.1, 0.15) is 98.3 Å². The van der Waals surface area contributed by atoms with Crippen LogP contribution in [0.3, 0.4) is 0 Å². The Kier molecular flexibility index (Phi) is 14.6. The second-order valence-electron chi connectivity index (χ2n) is 7.45. The summed E-state index contributed by atoms with van der Waals surface area (Å²) in [6.45, 7) is 6.30. The van der Waals surface area contributed by atoms with E-state index in [9.17, 15) is 14.4 Å². The van der Waals surface area contributed by atoms with Crippen molar-refractivity contribution in [3.63, 3.8) is 0 Å². The van der Waals surface area contributed by atoms with E-state index < -0.39 is 17.5 Å². The molecular formula is C21H39NO5. The molecule has 6 nitrogen and oxygen atoms in total. The molecule has 0 aliphatic heterocycles. The Morgan fingerprint density at radius 2 is 1.11 bits per heavy atom. The van der Waals surface area contributed by atoms with Crippen LogP contribution in [0.2, 0.25) is 0 Å². The van der Waals surface area contributed by atoms with Crippen molar-refractivity contribution in [2.45, 2.75) is 104 Å². The largest absolute Gasteiger partial charge is 0.463 e. The van der Waals surface area contributed by atoms with Crippen molar-refractivity contribution in [2.24, 2.45) is 0 Å². The molecule has 0 rings (SSSR count). The molecule has 0 aliphatic rings. The predicted molar refractivity (Wildman–Crippen MR) is 106 cm³/mol. The third kappa shape index (κ3) is 15.2. The fourth-order valence-electron chi connectivity index (χ4n) is 3.12. The van der Waals surface area contributed by atoms with Crippen LogP contribution in [0.5, 0.6) is 0 Å². The molecule has 0 spiro atoms. The zero-order valence-corrected chi connectivity index (χ0v) is 17.7. The topological polar surface area (TPSA) is 81.7 Å². The maximum Gasteiger partial charge on any atom is 0.302 e. The average Bonchev–Trinajstić information content (AvgIpc) is 2.59. The van der Waals surface area contributed by atoms with E-state index in [1.165, 1.54) is 65.7 Å². The molecule has 0 unspecified atom stereocenters. The Hall–Kier alpha value is -1.59. The summed E-state index contributed by atoms with van der Waals surface area (Å²) in [5.41, 5.74) is -0.858. The van der Waals surface area contributed by atoms with E-state index in [1.807, 2.05) is 0 Å². The Labute approximate surface area is 164 Å². The Balaban J connectivity index is 4.36. The highest BCUT2D eigenvalue weighted by Crippen LogP contribution is 2.19. The van der Waals surface area contributed by atoms with Crippen molar-refractivity contribution in [1.29, 1.82) is 0 Å². The van der Waals surface area contributed by atoms with Gasteiger partial charge < -0.3 is 14.8 Å². The Morgan fingerprint density at radius 1 is 0.704 bits per heavy atom. The number of unbranched alkanes of at least 4 members (excludes halogenated alkanes) is 9. The standard InChI is InChI=1S/C21H39NO5/c1-5-6-7-8-9-10-11-12-13-14-15-21(22-18(2)23,16-26-19(3)24)17-27-20(4)25/h5-17H2,1-4H3,(H,22,23). The van der Waals surface area contributed by atoms with Gasteiger partial charge in [0.25, 0.3) is 0 Å². The number of amides is 1. The average molecular weight is 386 g/mol. The highest BCUT2D eigenvalue weighted by Gasteiger charge is 2.33. The molecule has 0 atom stereocenters. The van der Waals surface area contributed by atoms with Crippen LogP contribution >= 0.6 is 0 Å². The first-order valence-corrected chi connectivity index (χ1v) is 10.4. The molecular weight excluding hydrogens is 346 g/mol. The molecule has 0 radical (unpaired) electrons. The van der Waals surface area contributed by atoms with E-state index in [4.69, 9.17) is 9.47 Å². The fourth-order valence-corrected chi connectivity index (χ4v) is 3.12. The van der Waals surface area contributed by atoms with Crippen LogP contribution in [0.25, 0.3) is 0 Å². The van der Waals surface area contributed by atoms with Gasteiger partial charge in [0, 0.05) is 20.8 Å². The number of esters is 2. The third-order valence-electron chi connectivity index (χ3n) is 4.55. The van der Waals surface area contributed by atoms with Crippen LogP contribution in [0.4, 0.5) is 0 Å². The monoisotopic (exact) mass is 385 g/mol. The molecule has 1 amide bonds. The number of carbonyl (C=O) groups is 3. The molecule has 0 heterocycles. The summed E-state index contributed by atoms with van der Waals surface area (Å²) in [7, 11) is 0. The van der Waals surface area contributed by atoms with Gasteiger partial charge >= 0.3 is 11.9 Å². The molecule has 0 saturated heterocycles. The number of rotatable bonds is 16. The SMILES string of the molecule is CCCCCCCCCCCCC(COC(C)=O)(COC(C)=O)NC(C)=O. The summed E-state index contributed by atoms with van der Waals surface area (Å²) in [4.78, 5) is 34.1. The number of ether oxygens (including phenoxy) is 2. The quantitative estimate of drug-likeness (QED) is 0.316. The number of hydrogen-bond donors (Lipinski definition) is 1. The molecule has 0 bridgehead atoms. The molecule has 0 fully saturated rings. The highest BCUT2D eigenvalue weighted by atomic mass is 16.5. The summed E-state index contributed by atoms with van der Waals surface area (Å²) in [5, 5.41) is 2.84. The van der Waals surface area contributed by atoms with E-state index >= 15 is 0 Å². The molecule has 27 heavy (non-hydrogen) atoms. The van der Waals surface area contributed by atoms with Crippen molar-refractivity contribution in [2.75, 3.05) is 13.2 Å². The highest BCUT2D eigenvalue weighted by molar-refractivity contribution is 5.74. The Bertz CT molecular complexity index is 418. The lowest BCUT2D eigenvalue weighted by Gasteiger charge is -2.33. The molecule has 0 aromatic rings. The van der Waals surface area contributed by atoms with Gasteiger partial charge in [-0.3, -0.25) is 14.4 Å². The van der Waals surface area contributed by atoms with E-state index in [1.54, 1.807) is 0 Å². The smallest absolute Gasteiger partial charge is 0.302 e. The molecule has 1 N–H and O–H groups in total. The van der Waals surface area contributed by atoms with Gasteiger partial charge in [-0.25, -0.2) is 0 Å². The lowest BCUT2D eigenvalue weighted by molar-refractivity contribution is -0.150. The molecule has 0 saturated carbocycles. The summed E-state index contributed by atoms with van der Waals surface area (Å²) in [5.74, 6) is -1.08. The van der Waals surface area contributed by atoms with Gasteiger partial charge in [0.1, 0.15) is 18.8 Å². The van der Waals surface area contributed by atoms with Crippen LogP contribution in [0, 0.1) is 0 Å². The van der Waals surface area contributed by atoms with Gasteiger partial charge in [-0.15, -0.1) is 0 Å². The minimum atomic E-state index is -0.858. The maximum absolute atomic E-state index is 11.6. The van der Waals surface area contributed by atoms with Crippen molar-refractivity contribution in [3.05, 3.63) is 0 Å². The minimum absolute atomic E-state index is 0.00657. The predicted octanol–water partition coefficient (Wildman–Crippen LogP) is 4.30. The van der Waals surface area contributed by atoms with Crippen LogP contribution in [-0.4, -0.2) is 36.6 Å². The number of nitrogens with one attached hydrogen (secondary N) is 1. The van der Waals surface area contributed by atoms with Crippen LogP contribution in [0.15, 0.2) is 0 Å². The van der Waals surface area contributed by atoms with E-state index in [-0.39, 0.29) is 19.1 Å². The summed E-state index contributed by atoms with van der Waals surface area (Å²) in [6, 6.07) is 0. The van der Waals surface area contributed by atoms with E-state index in [2.05, 4.69) is 12.2 Å². The van der Waals surface area contributed by atoms with Crippen molar-refractivity contribution in [1.82, 2.24) is 5.32 Å². The zero-order chi connectivity index (χ0) is 20.5. The maximum atomic E-state index is 11.6. The van der Waals surface area contributed by atoms with Gasteiger partial charge in [-0.05, 0) is 6.42 Å².